The van der Waals surface area contributed by atoms with Gasteiger partial charge in [-0.3, -0.25) is 4.79 Å². The Kier molecular flexibility index (Phi) is 5.50. The Morgan fingerprint density at radius 2 is 2.00 bits per heavy atom. The van der Waals surface area contributed by atoms with Crippen LogP contribution in [-0.2, 0) is 4.79 Å². The van der Waals surface area contributed by atoms with Crippen LogP contribution < -0.4 is 5.32 Å². The lowest BCUT2D eigenvalue weighted by molar-refractivity contribution is -0.143. The van der Waals surface area contributed by atoms with Gasteiger partial charge in [-0.25, -0.2) is 0 Å². The minimum Gasteiger partial charge on any atom is -0.481 e. The summed E-state index contributed by atoms with van der Waals surface area (Å²) in [5.41, 5.74) is 0. The van der Waals surface area contributed by atoms with E-state index in [4.69, 9.17) is 5.11 Å². The summed E-state index contributed by atoms with van der Waals surface area (Å²) in [7, 11) is 1.84. The zero-order chi connectivity index (χ0) is 8.27. The van der Waals surface area contributed by atoms with E-state index in [1.807, 2.05) is 7.05 Å². The number of hydrogen-bond acceptors (Lipinski definition) is 2. The number of aliphatic carboxylic acids is 1. The number of nitrogens with one attached hydrogen (secondary N) is 1. The average molecular weight is 238 g/mol. The summed E-state index contributed by atoms with van der Waals surface area (Å²) in [5.74, 6) is -0.808. The molecule has 4 heteroatoms. The van der Waals surface area contributed by atoms with Gasteiger partial charge in [0, 0.05) is 6.04 Å². The molecule has 12 heavy (non-hydrogen) atoms. The molecule has 1 saturated carbocycles. The third-order valence-corrected chi connectivity index (χ3v) is 2.45. The lowest BCUT2D eigenvalue weighted by Gasteiger charge is -2.27. The second-order valence-corrected chi connectivity index (χ2v) is 3.12. The summed E-state index contributed by atoms with van der Waals surface area (Å²) in [6.07, 6.45) is 4.07. The second-order valence-electron chi connectivity index (χ2n) is 3.12. The molecule has 1 fully saturated rings. The summed E-state index contributed by atoms with van der Waals surface area (Å²) < 4.78 is 0. The first-order valence-corrected chi connectivity index (χ1v) is 4.15. The fourth-order valence-electron chi connectivity index (χ4n) is 1.77. The maximum atomic E-state index is 10.7. The number of carboxylic acid groups (broad SMARTS) is 1. The first-order chi connectivity index (χ1) is 5.25. The van der Waals surface area contributed by atoms with Gasteiger partial charge in [-0.1, -0.05) is 12.8 Å². The van der Waals surface area contributed by atoms with Gasteiger partial charge in [0.1, 0.15) is 0 Å². The van der Waals surface area contributed by atoms with Crippen molar-refractivity contribution in [1.82, 2.24) is 5.32 Å². The highest BCUT2D eigenvalue weighted by molar-refractivity contribution is 8.93. The molecular formula is C8H16BrNO2. The van der Waals surface area contributed by atoms with E-state index in [-0.39, 0.29) is 28.9 Å². The van der Waals surface area contributed by atoms with Crippen LogP contribution in [0.4, 0.5) is 0 Å². The summed E-state index contributed by atoms with van der Waals surface area (Å²) in [4.78, 5) is 10.7. The van der Waals surface area contributed by atoms with Crippen LogP contribution in [0.5, 0.6) is 0 Å². The second kappa shape index (κ2) is 5.54. The zero-order valence-corrected chi connectivity index (χ0v) is 8.96. The molecule has 0 saturated heterocycles. The van der Waals surface area contributed by atoms with Gasteiger partial charge < -0.3 is 10.4 Å². The summed E-state index contributed by atoms with van der Waals surface area (Å²) in [6, 6.07) is 0.196. The molecular weight excluding hydrogens is 222 g/mol. The van der Waals surface area contributed by atoms with Crippen LogP contribution in [0, 0.1) is 5.92 Å². The van der Waals surface area contributed by atoms with E-state index in [0.717, 1.165) is 25.7 Å². The van der Waals surface area contributed by atoms with Crippen molar-refractivity contribution in [2.24, 2.45) is 5.92 Å². The standard InChI is InChI=1S/C8H15NO2.BrH/c1-9-7-5-3-2-4-6(7)8(10)11;/h6-7,9H,2-5H2,1H3,(H,10,11);1H/t6-,7-;/m0./s1. The van der Waals surface area contributed by atoms with E-state index in [1.54, 1.807) is 0 Å². The largest absolute Gasteiger partial charge is 0.481 e. The minimum atomic E-state index is -0.649. The van der Waals surface area contributed by atoms with E-state index in [0.29, 0.717) is 0 Å². The summed E-state index contributed by atoms with van der Waals surface area (Å²) in [6.45, 7) is 0. The van der Waals surface area contributed by atoms with Gasteiger partial charge in [0.15, 0.2) is 0 Å². The number of carboxylic acids is 1. The Hall–Kier alpha value is -0.0900. The molecule has 2 N–H and O–H groups in total. The molecule has 0 spiro atoms. The summed E-state index contributed by atoms with van der Waals surface area (Å²) in [5, 5.41) is 11.9. The van der Waals surface area contributed by atoms with Crippen molar-refractivity contribution in [2.75, 3.05) is 7.05 Å². The molecule has 72 valence electrons. The SMILES string of the molecule is Br.CN[C@H]1CCCC[C@@H]1C(=O)O. The van der Waals surface area contributed by atoms with Crippen molar-refractivity contribution in [2.45, 2.75) is 31.7 Å². The highest BCUT2D eigenvalue weighted by Gasteiger charge is 2.29. The molecule has 1 rings (SSSR count). The molecule has 0 aromatic heterocycles. The fraction of sp³-hybridized carbons (Fsp3) is 0.875. The van der Waals surface area contributed by atoms with Gasteiger partial charge in [-0.15, -0.1) is 17.0 Å². The van der Waals surface area contributed by atoms with E-state index >= 15 is 0 Å². The Labute approximate surface area is 83.3 Å². The van der Waals surface area contributed by atoms with Crippen molar-refractivity contribution in [1.29, 1.82) is 0 Å². The molecule has 0 radical (unpaired) electrons. The topological polar surface area (TPSA) is 49.3 Å². The van der Waals surface area contributed by atoms with Crippen LogP contribution >= 0.6 is 17.0 Å². The molecule has 0 amide bonds. The van der Waals surface area contributed by atoms with E-state index in [1.165, 1.54) is 0 Å². The lowest BCUT2D eigenvalue weighted by Crippen LogP contribution is -2.40. The van der Waals surface area contributed by atoms with Crippen LogP contribution in [0.15, 0.2) is 0 Å². The number of halogens is 1. The molecule has 3 nitrogen and oxygen atoms in total. The van der Waals surface area contributed by atoms with Crippen molar-refractivity contribution in [3.63, 3.8) is 0 Å². The lowest BCUT2D eigenvalue weighted by atomic mass is 9.85. The number of rotatable bonds is 2. The van der Waals surface area contributed by atoms with Gasteiger partial charge in [0.05, 0.1) is 5.92 Å². The molecule has 1 aliphatic carbocycles. The first kappa shape index (κ1) is 11.9. The van der Waals surface area contributed by atoms with Crippen LogP contribution in [0.25, 0.3) is 0 Å². The predicted molar refractivity (Wildman–Crippen MR) is 52.8 cm³/mol. The normalized spacial score (nSPS) is 29.1. The molecule has 0 bridgehead atoms. The molecule has 0 unspecified atom stereocenters. The molecule has 0 aromatic rings. The summed E-state index contributed by atoms with van der Waals surface area (Å²) >= 11 is 0. The van der Waals surface area contributed by atoms with Crippen LogP contribution in [0.2, 0.25) is 0 Å². The zero-order valence-electron chi connectivity index (χ0n) is 7.25. The molecule has 0 aliphatic heterocycles. The van der Waals surface area contributed by atoms with Crippen LogP contribution in [-0.4, -0.2) is 24.2 Å². The Bertz CT molecular complexity index is 152. The first-order valence-electron chi connectivity index (χ1n) is 4.15. The number of hydrogen-bond donors (Lipinski definition) is 2. The third kappa shape index (κ3) is 2.75. The fourth-order valence-corrected chi connectivity index (χ4v) is 1.77. The maximum Gasteiger partial charge on any atom is 0.308 e. The van der Waals surface area contributed by atoms with Crippen LogP contribution in [0.3, 0.4) is 0 Å². The molecule has 0 aromatic carbocycles. The molecule has 1 aliphatic rings. The average Bonchev–Trinajstić information content (AvgIpc) is 2.04. The van der Waals surface area contributed by atoms with Crippen molar-refractivity contribution >= 4 is 23.0 Å². The molecule has 2 atom stereocenters. The third-order valence-electron chi connectivity index (χ3n) is 2.45. The van der Waals surface area contributed by atoms with Gasteiger partial charge >= 0.3 is 5.97 Å². The van der Waals surface area contributed by atoms with Crippen LogP contribution in [0.1, 0.15) is 25.7 Å². The van der Waals surface area contributed by atoms with Crippen molar-refractivity contribution < 1.29 is 9.90 Å². The Morgan fingerprint density at radius 3 is 2.42 bits per heavy atom. The van der Waals surface area contributed by atoms with Gasteiger partial charge in [-0.2, -0.15) is 0 Å². The highest BCUT2D eigenvalue weighted by atomic mass is 79.9. The Balaban J connectivity index is 0.00000121. The number of carbonyl (C=O) groups is 1. The Morgan fingerprint density at radius 1 is 1.42 bits per heavy atom. The van der Waals surface area contributed by atoms with E-state index in [2.05, 4.69) is 5.32 Å². The van der Waals surface area contributed by atoms with E-state index < -0.39 is 5.97 Å². The predicted octanol–water partition coefficient (Wildman–Crippen LogP) is 1.43. The quantitative estimate of drug-likeness (QED) is 0.765. The molecule has 0 heterocycles. The van der Waals surface area contributed by atoms with Crippen molar-refractivity contribution in [3.8, 4) is 0 Å². The maximum absolute atomic E-state index is 10.7. The van der Waals surface area contributed by atoms with Crippen molar-refractivity contribution in [3.05, 3.63) is 0 Å². The smallest absolute Gasteiger partial charge is 0.308 e. The highest BCUT2D eigenvalue weighted by Crippen LogP contribution is 2.23. The monoisotopic (exact) mass is 237 g/mol. The van der Waals surface area contributed by atoms with Gasteiger partial charge in [0.2, 0.25) is 0 Å². The van der Waals surface area contributed by atoms with E-state index in [9.17, 15) is 4.79 Å². The van der Waals surface area contributed by atoms with Gasteiger partial charge in [0.25, 0.3) is 0 Å². The minimum absolute atomic E-state index is 0. The van der Waals surface area contributed by atoms with Gasteiger partial charge in [-0.05, 0) is 19.9 Å².